The highest BCUT2D eigenvalue weighted by Gasteiger charge is 2.16. The zero-order valence-electron chi connectivity index (χ0n) is 16.6. The van der Waals surface area contributed by atoms with E-state index >= 15 is 0 Å². The van der Waals surface area contributed by atoms with E-state index in [9.17, 15) is 0 Å². The number of benzene rings is 1. The number of aliphatic imine (C=N–C) groups is 1. The average molecular weight is 495 g/mol. The molecule has 0 atom stereocenters. The van der Waals surface area contributed by atoms with Crippen molar-refractivity contribution in [2.75, 3.05) is 39.7 Å². The van der Waals surface area contributed by atoms with Crippen LogP contribution in [-0.4, -0.2) is 50.4 Å². The number of guanidine groups is 1. The van der Waals surface area contributed by atoms with Crippen molar-refractivity contribution in [1.29, 1.82) is 0 Å². The lowest BCUT2D eigenvalue weighted by Crippen LogP contribution is -2.43. The Morgan fingerprint density at radius 2 is 1.88 bits per heavy atom. The zero-order chi connectivity index (χ0) is 18.5. The van der Waals surface area contributed by atoms with Crippen molar-refractivity contribution in [2.24, 2.45) is 4.99 Å². The summed E-state index contributed by atoms with van der Waals surface area (Å²) < 4.78 is 10.7. The second-order valence-corrected chi connectivity index (χ2v) is 7.82. The van der Waals surface area contributed by atoms with Crippen LogP contribution in [0.2, 0.25) is 0 Å². The monoisotopic (exact) mass is 495 g/mol. The van der Waals surface area contributed by atoms with Crippen molar-refractivity contribution in [2.45, 2.75) is 38.5 Å². The van der Waals surface area contributed by atoms with E-state index < -0.39 is 0 Å². The van der Waals surface area contributed by atoms with E-state index in [1.807, 2.05) is 43.0 Å². The predicted molar refractivity (Wildman–Crippen MR) is 124 cm³/mol. The van der Waals surface area contributed by atoms with Crippen LogP contribution < -0.4 is 15.4 Å². The van der Waals surface area contributed by atoms with Gasteiger partial charge in [0.25, 0.3) is 0 Å². The third-order valence-corrected chi connectivity index (χ3v) is 5.02. The van der Waals surface area contributed by atoms with Gasteiger partial charge in [0.2, 0.25) is 0 Å². The Bertz CT molecular complexity index is 510. The molecule has 0 aliphatic carbocycles. The van der Waals surface area contributed by atoms with Crippen LogP contribution in [0.15, 0.2) is 29.3 Å². The first-order valence-corrected chi connectivity index (χ1v) is 10.0. The molecule has 0 aromatic heterocycles. The minimum Gasteiger partial charge on any atom is -0.497 e. The average Bonchev–Trinajstić information content (AvgIpc) is 2.63. The van der Waals surface area contributed by atoms with Gasteiger partial charge in [-0.25, -0.2) is 4.99 Å². The van der Waals surface area contributed by atoms with Crippen LogP contribution in [0.5, 0.6) is 5.75 Å². The van der Waals surface area contributed by atoms with Crippen LogP contribution in [0.1, 0.15) is 32.8 Å². The number of nitrogens with one attached hydrogen (secondary N) is 2. The van der Waals surface area contributed by atoms with Crippen molar-refractivity contribution in [1.82, 2.24) is 10.6 Å². The van der Waals surface area contributed by atoms with Gasteiger partial charge in [0, 0.05) is 31.1 Å². The van der Waals surface area contributed by atoms with Gasteiger partial charge in [0.05, 0.1) is 13.7 Å². The standard InChI is InChI=1S/C19H33N3O2S.HI/c1-6-24-13-7-12-20-18(22-15-19(2,3)25-5)21-14-16-8-10-17(23-4)11-9-16;/h8-11H,6-7,12-15H2,1-5H3,(H2,20,21,22);1H. The number of halogens is 1. The van der Waals surface area contributed by atoms with Crippen LogP contribution in [0.3, 0.4) is 0 Å². The molecule has 1 rings (SSSR count). The molecule has 1 aromatic rings. The second-order valence-electron chi connectivity index (χ2n) is 6.31. The summed E-state index contributed by atoms with van der Waals surface area (Å²) in [5.41, 5.74) is 1.15. The van der Waals surface area contributed by atoms with Crippen LogP contribution in [0.25, 0.3) is 0 Å². The summed E-state index contributed by atoms with van der Waals surface area (Å²) in [6, 6.07) is 8.01. The summed E-state index contributed by atoms with van der Waals surface area (Å²) in [6.07, 6.45) is 3.09. The minimum absolute atomic E-state index is 0. The normalized spacial score (nSPS) is 11.7. The molecule has 2 N–H and O–H groups in total. The molecule has 0 saturated heterocycles. The topological polar surface area (TPSA) is 54.9 Å². The molecule has 0 aliphatic rings. The van der Waals surface area contributed by atoms with Crippen molar-refractivity contribution in [3.63, 3.8) is 0 Å². The summed E-state index contributed by atoms with van der Waals surface area (Å²) in [5.74, 6) is 1.70. The zero-order valence-corrected chi connectivity index (χ0v) is 19.8. The van der Waals surface area contributed by atoms with E-state index in [-0.39, 0.29) is 28.7 Å². The molecule has 1 aromatic carbocycles. The molecular formula is C19H34IN3O2S. The molecule has 7 heteroatoms. The largest absolute Gasteiger partial charge is 0.497 e. The molecule has 26 heavy (non-hydrogen) atoms. The van der Waals surface area contributed by atoms with Crippen molar-refractivity contribution >= 4 is 41.7 Å². The van der Waals surface area contributed by atoms with Gasteiger partial charge in [0.15, 0.2) is 5.96 Å². The summed E-state index contributed by atoms with van der Waals surface area (Å²) in [5, 5.41) is 6.84. The number of ether oxygens (including phenoxy) is 2. The van der Waals surface area contributed by atoms with Gasteiger partial charge in [-0.3, -0.25) is 0 Å². The van der Waals surface area contributed by atoms with Gasteiger partial charge in [0.1, 0.15) is 5.75 Å². The van der Waals surface area contributed by atoms with Gasteiger partial charge in [-0.2, -0.15) is 11.8 Å². The van der Waals surface area contributed by atoms with Crippen molar-refractivity contribution < 1.29 is 9.47 Å². The van der Waals surface area contributed by atoms with Gasteiger partial charge < -0.3 is 20.1 Å². The fourth-order valence-corrected chi connectivity index (χ4v) is 2.19. The molecule has 5 nitrogen and oxygen atoms in total. The molecule has 0 heterocycles. The molecule has 0 spiro atoms. The van der Waals surface area contributed by atoms with E-state index in [2.05, 4.69) is 30.7 Å². The van der Waals surface area contributed by atoms with Gasteiger partial charge in [-0.05, 0) is 51.1 Å². The Labute approximate surface area is 180 Å². The molecule has 0 unspecified atom stereocenters. The smallest absolute Gasteiger partial charge is 0.191 e. The molecular weight excluding hydrogens is 461 g/mol. The first kappa shape index (κ1) is 25.3. The summed E-state index contributed by atoms with van der Waals surface area (Å²) in [6.45, 7) is 10.3. The van der Waals surface area contributed by atoms with E-state index in [1.54, 1.807) is 7.11 Å². The summed E-state index contributed by atoms with van der Waals surface area (Å²) in [7, 11) is 1.68. The quantitative estimate of drug-likeness (QED) is 0.211. The third kappa shape index (κ3) is 11.1. The van der Waals surface area contributed by atoms with Crippen LogP contribution in [-0.2, 0) is 11.3 Å². The number of hydrogen-bond acceptors (Lipinski definition) is 4. The Balaban J connectivity index is 0.00000625. The van der Waals surface area contributed by atoms with E-state index in [1.165, 1.54) is 0 Å². The molecule has 0 saturated carbocycles. The van der Waals surface area contributed by atoms with Crippen LogP contribution >= 0.6 is 35.7 Å². The predicted octanol–water partition coefficient (Wildman–Crippen LogP) is 3.92. The van der Waals surface area contributed by atoms with Gasteiger partial charge >= 0.3 is 0 Å². The molecule has 0 bridgehead atoms. The molecule has 0 radical (unpaired) electrons. The summed E-state index contributed by atoms with van der Waals surface area (Å²) >= 11 is 1.84. The van der Waals surface area contributed by atoms with Crippen LogP contribution in [0, 0.1) is 0 Å². The number of nitrogens with zero attached hydrogens (tertiary/aromatic N) is 1. The third-order valence-electron chi connectivity index (χ3n) is 3.77. The lowest BCUT2D eigenvalue weighted by atomic mass is 10.2. The first-order valence-electron chi connectivity index (χ1n) is 8.78. The fourth-order valence-electron chi connectivity index (χ4n) is 1.97. The second kappa shape index (κ2) is 14.4. The van der Waals surface area contributed by atoms with E-state index in [0.29, 0.717) is 6.54 Å². The molecule has 0 amide bonds. The number of thioether (sulfide) groups is 1. The maximum absolute atomic E-state index is 5.38. The highest BCUT2D eigenvalue weighted by Crippen LogP contribution is 2.19. The lowest BCUT2D eigenvalue weighted by Gasteiger charge is -2.24. The van der Waals surface area contributed by atoms with Crippen LogP contribution in [0.4, 0.5) is 0 Å². The fraction of sp³-hybridized carbons (Fsp3) is 0.632. The Morgan fingerprint density at radius 3 is 2.46 bits per heavy atom. The van der Waals surface area contributed by atoms with E-state index in [4.69, 9.17) is 14.5 Å². The summed E-state index contributed by atoms with van der Waals surface area (Å²) in [4.78, 5) is 4.71. The Morgan fingerprint density at radius 1 is 1.19 bits per heavy atom. The maximum Gasteiger partial charge on any atom is 0.191 e. The van der Waals surface area contributed by atoms with Gasteiger partial charge in [-0.15, -0.1) is 24.0 Å². The Kier molecular flexibility index (Phi) is 14.0. The number of rotatable bonds is 11. The maximum atomic E-state index is 5.38. The highest BCUT2D eigenvalue weighted by molar-refractivity contribution is 14.0. The number of methoxy groups -OCH3 is 1. The Hall–Kier alpha value is -0.670. The van der Waals surface area contributed by atoms with Crippen molar-refractivity contribution in [3.05, 3.63) is 29.8 Å². The van der Waals surface area contributed by atoms with Gasteiger partial charge in [-0.1, -0.05) is 12.1 Å². The molecule has 0 fully saturated rings. The first-order chi connectivity index (χ1) is 12.0. The minimum atomic E-state index is 0. The SMILES string of the molecule is CCOCCCNC(=NCc1ccc(OC)cc1)NCC(C)(C)SC.I. The highest BCUT2D eigenvalue weighted by atomic mass is 127. The number of hydrogen-bond donors (Lipinski definition) is 2. The van der Waals surface area contributed by atoms with E-state index in [0.717, 1.165) is 50.0 Å². The van der Waals surface area contributed by atoms with Crippen molar-refractivity contribution in [3.8, 4) is 5.75 Å². The molecule has 0 aliphatic heterocycles. The molecule has 150 valence electrons. The lowest BCUT2D eigenvalue weighted by molar-refractivity contribution is 0.145.